The summed E-state index contributed by atoms with van der Waals surface area (Å²) in [6.45, 7) is 0.518. The third-order valence-electron chi connectivity index (χ3n) is 5.70. The second-order valence-corrected chi connectivity index (χ2v) is 7.63. The average Bonchev–Trinajstić information content (AvgIpc) is 3.54. The van der Waals surface area contributed by atoms with Crippen LogP contribution in [0.2, 0.25) is 0 Å². The van der Waals surface area contributed by atoms with Crippen LogP contribution in [0.15, 0.2) is 85.2 Å². The molecular weight excluding hydrogens is 398 g/mol. The Bertz CT molecular complexity index is 1530. The second-order valence-electron chi connectivity index (χ2n) is 7.63. The van der Waals surface area contributed by atoms with Crippen LogP contribution in [0, 0.1) is 0 Å². The monoisotopic (exact) mass is 418 g/mol. The quantitative estimate of drug-likeness (QED) is 0.378. The average molecular weight is 418 g/mol. The van der Waals surface area contributed by atoms with Gasteiger partial charge >= 0.3 is 5.65 Å². The van der Waals surface area contributed by atoms with E-state index in [1.807, 2.05) is 40.9 Å². The van der Waals surface area contributed by atoms with Crippen LogP contribution in [0.4, 0.5) is 0 Å². The fraction of sp³-hybridized carbons (Fsp3) is 0.0400. The number of hydrogen-bond acceptors (Lipinski definition) is 4. The fourth-order valence-electron chi connectivity index (χ4n) is 4.06. The number of pyridine rings is 2. The largest absolute Gasteiger partial charge is 0.326 e. The van der Waals surface area contributed by atoms with E-state index < -0.39 is 0 Å². The Hall–Kier alpha value is -4.36. The predicted molar refractivity (Wildman–Crippen MR) is 123 cm³/mol. The van der Waals surface area contributed by atoms with Gasteiger partial charge in [0.1, 0.15) is 0 Å². The molecule has 0 aliphatic heterocycles. The van der Waals surface area contributed by atoms with Crippen molar-refractivity contribution in [2.75, 3.05) is 0 Å². The van der Waals surface area contributed by atoms with Crippen molar-refractivity contribution in [1.29, 1.82) is 0 Å². The van der Waals surface area contributed by atoms with E-state index in [1.54, 1.807) is 6.20 Å². The van der Waals surface area contributed by atoms with Gasteiger partial charge in [-0.25, -0.2) is 4.98 Å². The summed E-state index contributed by atoms with van der Waals surface area (Å²) < 4.78 is 2.00. The normalized spacial score (nSPS) is 11.4. The van der Waals surface area contributed by atoms with Crippen molar-refractivity contribution in [1.82, 2.24) is 25.4 Å². The number of nitrogens with two attached hydrogens (primary N) is 1. The maximum atomic E-state index is 5.79. The number of aromatic nitrogens is 6. The number of nitrogens with zero attached hydrogens (tertiary/aromatic N) is 4. The molecule has 0 fully saturated rings. The SMILES string of the molecule is NCc1ccc(-c2nc3cc[n+]4c(-c5cc[nH]n5)[nH]nc4c3cc2-c2ccccc2)cc1. The molecule has 32 heavy (non-hydrogen) atoms. The predicted octanol–water partition coefficient (Wildman–Crippen LogP) is 3.88. The van der Waals surface area contributed by atoms with Gasteiger partial charge in [0, 0.05) is 29.0 Å². The second kappa shape index (κ2) is 7.40. The first-order valence-electron chi connectivity index (χ1n) is 10.4. The lowest BCUT2D eigenvalue weighted by Crippen LogP contribution is -2.22. The lowest BCUT2D eigenvalue weighted by atomic mass is 9.97. The summed E-state index contributed by atoms with van der Waals surface area (Å²) in [5.41, 5.74) is 13.5. The van der Waals surface area contributed by atoms with Gasteiger partial charge < -0.3 is 5.73 Å². The Kier molecular flexibility index (Phi) is 4.26. The van der Waals surface area contributed by atoms with Crippen molar-refractivity contribution in [3.05, 3.63) is 90.8 Å². The highest BCUT2D eigenvalue weighted by Crippen LogP contribution is 2.34. The minimum Gasteiger partial charge on any atom is -0.326 e. The molecule has 0 saturated carbocycles. The summed E-state index contributed by atoms with van der Waals surface area (Å²) in [6.07, 6.45) is 3.77. The summed E-state index contributed by atoms with van der Waals surface area (Å²) in [4.78, 5) is 5.08. The lowest BCUT2D eigenvalue weighted by molar-refractivity contribution is -0.498. The van der Waals surface area contributed by atoms with Crippen LogP contribution < -0.4 is 10.1 Å². The molecule has 4 heterocycles. The first kappa shape index (κ1) is 18.4. The molecule has 4 N–H and O–H groups in total. The molecule has 4 aromatic heterocycles. The number of aromatic amines is 2. The standard InChI is InChI=1S/C25H19N7/c26-15-16-6-8-18(9-7-16)23-19(17-4-2-1-3-5-17)14-20-21(28-23)11-13-32-24(20)30-31-25(32)22-10-12-27-29-22/h1-14H,15,26H2,(H,27,29,31)/p+1. The first-order valence-corrected chi connectivity index (χ1v) is 10.4. The Labute approximate surface area is 183 Å². The highest BCUT2D eigenvalue weighted by Gasteiger charge is 2.21. The van der Waals surface area contributed by atoms with Crippen LogP contribution in [0.3, 0.4) is 0 Å². The van der Waals surface area contributed by atoms with E-state index in [0.717, 1.165) is 56.0 Å². The van der Waals surface area contributed by atoms with Crippen LogP contribution >= 0.6 is 0 Å². The topological polar surface area (TPSA) is 100 Å². The highest BCUT2D eigenvalue weighted by molar-refractivity contribution is 5.97. The fourth-order valence-corrected chi connectivity index (χ4v) is 4.06. The smallest absolute Gasteiger partial charge is 0.315 e. The van der Waals surface area contributed by atoms with Crippen LogP contribution in [0.5, 0.6) is 0 Å². The molecule has 154 valence electrons. The zero-order chi connectivity index (χ0) is 21.5. The van der Waals surface area contributed by atoms with Gasteiger partial charge in [0.05, 0.1) is 22.8 Å². The third kappa shape index (κ3) is 2.95. The van der Waals surface area contributed by atoms with Gasteiger partial charge in [-0.05, 0) is 29.3 Å². The van der Waals surface area contributed by atoms with Crippen LogP contribution in [-0.4, -0.2) is 25.4 Å². The molecule has 0 unspecified atom stereocenters. The highest BCUT2D eigenvalue weighted by atomic mass is 15.3. The molecule has 6 rings (SSSR count). The summed E-state index contributed by atoms with van der Waals surface area (Å²) in [5, 5.41) is 15.8. The van der Waals surface area contributed by atoms with Crippen molar-refractivity contribution < 1.29 is 4.40 Å². The van der Waals surface area contributed by atoms with E-state index in [-0.39, 0.29) is 0 Å². The molecule has 0 aliphatic rings. The summed E-state index contributed by atoms with van der Waals surface area (Å²) in [7, 11) is 0. The number of hydrogen-bond donors (Lipinski definition) is 3. The molecule has 0 radical (unpaired) electrons. The number of nitrogens with one attached hydrogen (secondary N) is 2. The molecule has 0 spiro atoms. The van der Waals surface area contributed by atoms with Gasteiger partial charge in [-0.2, -0.15) is 9.50 Å². The van der Waals surface area contributed by atoms with Crippen LogP contribution in [0.1, 0.15) is 5.56 Å². The van der Waals surface area contributed by atoms with E-state index in [1.165, 1.54) is 0 Å². The molecule has 0 bridgehead atoms. The van der Waals surface area contributed by atoms with Gasteiger partial charge in [-0.1, -0.05) is 54.6 Å². The van der Waals surface area contributed by atoms with Gasteiger partial charge in [-0.15, -0.1) is 5.10 Å². The number of rotatable bonds is 4. The molecule has 7 nitrogen and oxygen atoms in total. The molecular formula is C25H20N7+. The zero-order valence-electron chi connectivity index (χ0n) is 17.2. The Morgan fingerprint density at radius 3 is 2.47 bits per heavy atom. The van der Waals surface area contributed by atoms with Crippen molar-refractivity contribution in [3.8, 4) is 33.9 Å². The molecule has 2 aromatic carbocycles. The number of H-pyrrole nitrogens is 2. The van der Waals surface area contributed by atoms with Crippen molar-refractivity contribution in [3.63, 3.8) is 0 Å². The lowest BCUT2D eigenvalue weighted by Gasteiger charge is -2.11. The van der Waals surface area contributed by atoms with Crippen molar-refractivity contribution >= 4 is 16.6 Å². The van der Waals surface area contributed by atoms with Crippen molar-refractivity contribution in [2.24, 2.45) is 5.73 Å². The summed E-state index contributed by atoms with van der Waals surface area (Å²) >= 11 is 0. The molecule has 0 aliphatic carbocycles. The number of fused-ring (bicyclic) bond motifs is 3. The minimum absolute atomic E-state index is 0.518. The van der Waals surface area contributed by atoms with Crippen LogP contribution in [-0.2, 0) is 6.54 Å². The first-order chi connectivity index (χ1) is 15.8. The molecule has 7 heteroatoms. The van der Waals surface area contributed by atoms with Gasteiger partial charge in [0.2, 0.25) is 0 Å². The van der Waals surface area contributed by atoms with E-state index in [2.05, 4.69) is 62.9 Å². The van der Waals surface area contributed by atoms with E-state index in [9.17, 15) is 0 Å². The molecule has 0 amide bonds. The number of benzene rings is 2. The maximum Gasteiger partial charge on any atom is 0.315 e. The molecule has 6 aromatic rings. The van der Waals surface area contributed by atoms with Crippen LogP contribution in [0.25, 0.3) is 50.5 Å². The Morgan fingerprint density at radius 1 is 0.875 bits per heavy atom. The Balaban J connectivity index is 1.63. The summed E-state index contributed by atoms with van der Waals surface area (Å²) in [5.74, 6) is 0.811. The summed E-state index contributed by atoms with van der Waals surface area (Å²) in [6, 6.07) is 24.7. The zero-order valence-corrected chi connectivity index (χ0v) is 17.2. The van der Waals surface area contributed by atoms with E-state index >= 15 is 0 Å². The van der Waals surface area contributed by atoms with Gasteiger partial charge in [0.15, 0.2) is 5.69 Å². The van der Waals surface area contributed by atoms with Crippen molar-refractivity contribution in [2.45, 2.75) is 6.54 Å². The van der Waals surface area contributed by atoms with Gasteiger partial charge in [-0.3, -0.25) is 5.10 Å². The van der Waals surface area contributed by atoms with Gasteiger partial charge in [0.25, 0.3) is 5.82 Å². The third-order valence-corrected chi connectivity index (χ3v) is 5.70. The maximum absolute atomic E-state index is 5.79. The Morgan fingerprint density at radius 2 is 1.72 bits per heavy atom. The minimum atomic E-state index is 0.518. The van der Waals surface area contributed by atoms with E-state index in [4.69, 9.17) is 10.7 Å². The molecule has 0 saturated heterocycles. The van der Waals surface area contributed by atoms with E-state index in [0.29, 0.717) is 6.54 Å². The molecule has 0 atom stereocenters.